The molecule has 3 heteroatoms. The molecule has 0 atom stereocenters. The number of urea groups is 1. The molecule has 0 saturated carbocycles. The SMILES string of the molecule is C#CCN(CC)C(=O)Nc1ccc(C)cc1. The average Bonchev–Trinajstić information content (AvgIpc) is 2.29. The van der Waals surface area contributed by atoms with Crippen molar-refractivity contribution >= 4 is 11.7 Å². The lowest BCUT2D eigenvalue weighted by Crippen LogP contribution is -2.35. The molecule has 2 amide bonds. The summed E-state index contributed by atoms with van der Waals surface area (Å²) in [5.41, 5.74) is 1.94. The number of carbonyl (C=O) groups excluding carboxylic acids is 1. The molecule has 84 valence electrons. The molecule has 1 aromatic rings. The highest BCUT2D eigenvalue weighted by Crippen LogP contribution is 2.09. The highest BCUT2D eigenvalue weighted by Gasteiger charge is 2.09. The Labute approximate surface area is 96.5 Å². The smallest absolute Gasteiger partial charge is 0.314 e. The lowest BCUT2D eigenvalue weighted by atomic mass is 10.2. The van der Waals surface area contributed by atoms with Crippen LogP contribution in [-0.2, 0) is 0 Å². The molecule has 0 aromatic heterocycles. The first-order chi connectivity index (χ1) is 7.67. The summed E-state index contributed by atoms with van der Waals surface area (Å²) in [6, 6.07) is 7.48. The lowest BCUT2D eigenvalue weighted by Gasteiger charge is -2.18. The maximum Gasteiger partial charge on any atom is 0.322 e. The van der Waals surface area contributed by atoms with Crippen molar-refractivity contribution in [2.45, 2.75) is 13.8 Å². The molecule has 3 nitrogen and oxygen atoms in total. The van der Waals surface area contributed by atoms with Crippen LogP contribution in [0.5, 0.6) is 0 Å². The van der Waals surface area contributed by atoms with E-state index in [1.165, 1.54) is 0 Å². The highest BCUT2D eigenvalue weighted by atomic mass is 16.2. The van der Waals surface area contributed by atoms with Crippen LogP contribution < -0.4 is 5.32 Å². The summed E-state index contributed by atoms with van der Waals surface area (Å²) in [7, 11) is 0. The number of rotatable bonds is 3. The van der Waals surface area contributed by atoms with Crippen molar-refractivity contribution < 1.29 is 4.79 Å². The summed E-state index contributed by atoms with van der Waals surface area (Å²) in [4.78, 5) is 13.3. The molecular weight excluding hydrogens is 200 g/mol. The van der Waals surface area contributed by atoms with Crippen molar-refractivity contribution in [1.29, 1.82) is 0 Å². The Morgan fingerprint density at radius 2 is 2.06 bits per heavy atom. The maximum absolute atomic E-state index is 11.7. The molecule has 0 aliphatic carbocycles. The van der Waals surface area contributed by atoms with Crippen molar-refractivity contribution in [3.05, 3.63) is 29.8 Å². The van der Waals surface area contributed by atoms with Gasteiger partial charge in [0.2, 0.25) is 0 Å². The minimum absolute atomic E-state index is 0.163. The molecule has 1 aromatic carbocycles. The number of anilines is 1. The molecule has 0 spiro atoms. The Morgan fingerprint density at radius 3 is 2.56 bits per heavy atom. The van der Waals surface area contributed by atoms with Crippen LogP contribution in [0.1, 0.15) is 12.5 Å². The van der Waals surface area contributed by atoms with Gasteiger partial charge in [-0.25, -0.2) is 4.79 Å². The summed E-state index contributed by atoms with van der Waals surface area (Å²) < 4.78 is 0. The molecule has 0 saturated heterocycles. The number of nitrogens with one attached hydrogen (secondary N) is 1. The van der Waals surface area contributed by atoms with Gasteiger partial charge in [-0.2, -0.15) is 0 Å². The van der Waals surface area contributed by atoms with E-state index in [1.807, 2.05) is 38.1 Å². The van der Waals surface area contributed by atoms with Crippen LogP contribution in [0.3, 0.4) is 0 Å². The van der Waals surface area contributed by atoms with Crippen molar-refractivity contribution in [3.8, 4) is 12.3 Å². The minimum atomic E-state index is -0.163. The Morgan fingerprint density at radius 1 is 1.44 bits per heavy atom. The Bertz CT molecular complexity index is 389. The molecule has 0 fully saturated rings. The van der Waals surface area contributed by atoms with Crippen LogP contribution in [0, 0.1) is 19.3 Å². The second kappa shape index (κ2) is 5.82. The zero-order valence-corrected chi connectivity index (χ0v) is 9.66. The number of benzene rings is 1. The molecule has 1 rings (SSSR count). The third kappa shape index (κ3) is 3.32. The lowest BCUT2D eigenvalue weighted by molar-refractivity contribution is 0.220. The monoisotopic (exact) mass is 216 g/mol. The third-order valence-corrected chi connectivity index (χ3v) is 2.25. The summed E-state index contributed by atoms with van der Waals surface area (Å²) in [5, 5.41) is 2.80. The van der Waals surface area contributed by atoms with Crippen molar-refractivity contribution in [2.24, 2.45) is 0 Å². The van der Waals surface area contributed by atoms with E-state index in [1.54, 1.807) is 4.90 Å². The van der Waals surface area contributed by atoms with Crippen molar-refractivity contribution in [1.82, 2.24) is 4.90 Å². The van der Waals surface area contributed by atoms with Gasteiger partial charge in [0.05, 0.1) is 6.54 Å². The van der Waals surface area contributed by atoms with E-state index in [2.05, 4.69) is 11.2 Å². The van der Waals surface area contributed by atoms with Crippen LogP contribution in [0.4, 0.5) is 10.5 Å². The molecule has 0 bridgehead atoms. The number of carbonyl (C=O) groups is 1. The van der Waals surface area contributed by atoms with Gasteiger partial charge in [0.15, 0.2) is 0 Å². The van der Waals surface area contributed by atoms with Crippen LogP contribution in [-0.4, -0.2) is 24.0 Å². The normalized spacial score (nSPS) is 9.31. The van der Waals surface area contributed by atoms with Crippen LogP contribution in [0.25, 0.3) is 0 Å². The Balaban J connectivity index is 2.63. The second-order valence-corrected chi connectivity index (χ2v) is 3.51. The van der Waals surface area contributed by atoms with Gasteiger partial charge in [-0.15, -0.1) is 6.42 Å². The Kier molecular flexibility index (Phi) is 4.41. The van der Waals surface area contributed by atoms with Gasteiger partial charge in [0.25, 0.3) is 0 Å². The van der Waals surface area contributed by atoms with Gasteiger partial charge in [-0.1, -0.05) is 23.6 Å². The largest absolute Gasteiger partial charge is 0.322 e. The molecular formula is C13H16N2O. The van der Waals surface area contributed by atoms with E-state index in [-0.39, 0.29) is 6.03 Å². The summed E-state index contributed by atoms with van der Waals surface area (Å²) in [5.74, 6) is 2.46. The zero-order valence-electron chi connectivity index (χ0n) is 9.66. The molecule has 0 aliphatic heterocycles. The van der Waals surface area contributed by atoms with E-state index >= 15 is 0 Å². The third-order valence-electron chi connectivity index (χ3n) is 2.25. The first-order valence-electron chi connectivity index (χ1n) is 5.23. The van der Waals surface area contributed by atoms with Gasteiger partial charge in [0, 0.05) is 12.2 Å². The Hall–Kier alpha value is -1.95. The molecule has 16 heavy (non-hydrogen) atoms. The van der Waals surface area contributed by atoms with E-state index < -0.39 is 0 Å². The fourth-order valence-corrected chi connectivity index (χ4v) is 1.28. The van der Waals surface area contributed by atoms with Gasteiger partial charge in [-0.3, -0.25) is 0 Å². The summed E-state index contributed by atoms with van der Waals surface area (Å²) >= 11 is 0. The van der Waals surface area contributed by atoms with Crippen LogP contribution >= 0.6 is 0 Å². The van der Waals surface area contributed by atoms with Gasteiger partial charge in [0.1, 0.15) is 0 Å². The molecule has 0 radical (unpaired) electrons. The van der Waals surface area contributed by atoms with Crippen LogP contribution in [0.15, 0.2) is 24.3 Å². The predicted octanol–water partition coefficient (Wildman–Crippen LogP) is 2.48. The van der Waals surface area contributed by atoms with E-state index in [9.17, 15) is 4.79 Å². The quantitative estimate of drug-likeness (QED) is 0.773. The topological polar surface area (TPSA) is 32.3 Å². The van der Waals surface area contributed by atoms with E-state index in [0.717, 1.165) is 11.3 Å². The van der Waals surface area contributed by atoms with Crippen LogP contribution in [0.2, 0.25) is 0 Å². The minimum Gasteiger partial charge on any atom is -0.314 e. The fraction of sp³-hybridized carbons (Fsp3) is 0.308. The summed E-state index contributed by atoms with van der Waals surface area (Å²) in [6.45, 7) is 4.82. The highest BCUT2D eigenvalue weighted by molar-refractivity contribution is 5.89. The molecule has 0 heterocycles. The number of hydrogen-bond donors (Lipinski definition) is 1. The average molecular weight is 216 g/mol. The molecule has 1 N–H and O–H groups in total. The number of nitrogens with zero attached hydrogens (tertiary/aromatic N) is 1. The maximum atomic E-state index is 11.7. The first kappa shape index (κ1) is 12.1. The standard InChI is InChI=1S/C13H16N2O/c1-4-10-15(5-2)13(16)14-12-8-6-11(3)7-9-12/h1,6-9H,5,10H2,2-3H3,(H,14,16). The number of terminal acetylenes is 1. The molecule has 0 aliphatic rings. The number of hydrogen-bond acceptors (Lipinski definition) is 1. The number of aryl methyl sites for hydroxylation is 1. The van der Waals surface area contributed by atoms with Gasteiger partial charge >= 0.3 is 6.03 Å². The van der Waals surface area contributed by atoms with Crippen molar-refractivity contribution in [3.63, 3.8) is 0 Å². The molecule has 0 unspecified atom stereocenters. The second-order valence-electron chi connectivity index (χ2n) is 3.51. The van der Waals surface area contributed by atoms with Gasteiger partial charge < -0.3 is 10.2 Å². The zero-order chi connectivity index (χ0) is 12.0. The number of amides is 2. The van der Waals surface area contributed by atoms with E-state index in [0.29, 0.717) is 13.1 Å². The summed E-state index contributed by atoms with van der Waals surface area (Å²) in [6.07, 6.45) is 5.18. The van der Waals surface area contributed by atoms with Gasteiger partial charge in [-0.05, 0) is 26.0 Å². The first-order valence-corrected chi connectivity index (χ1v) is 5.23. The fourth-order valence-electron chi connectivity index (χ4n) is 1.28. The van der Waals surface area contributed by atoms with Crippen molar-refractivity contribution in [2.75, 3.05) is 18.4 Å². The predicted molar refractivity (Wildman–Crippen MR) is 66.3 cm³/mol. The van der Waals surface area contributed by atoms with E-state index in [4.69, 9.17) is 6.42 Å².